The highest BCUT2D eigenvalue weighted by atomic mass is 32.2. The molecule has 0 atom stereocenters. The van der Waals surface area contributed by atoms with Crippen LogP contribution in [0.5, 0.6) is 0 Å². The monoisotopic (exact) mass is 256 g/mol. The van der Waals surface area contributed by atoms with Gasteiger partial charge < -0.3 is 9.97 Å². The van der Waals surface area contributed by atoms with E-state index in [0.29, 0.717) is 0 Å². The minimum Gasteiger partial charge on any atom is -0.313 e. The fraction of sp³-hybridized carbons (Fsp3) is 0.100. The van der Waals surface area contributed by atoms with E-state index in [0.717, 1.165) is 5.56 Å². The van der Waals surface area contributed by atoms with Crippen LogP contribution in [0.2, 0.25) is 0 Å². The number of nitrogens with one attached hydrogen (secondary N) is 2. The lowest BCUT2D eigenvalue weighted by Crippen LogP contribution is -1.98. The third-order valence-electron chi connectivity index (χ3n) is 1.83. The van der Waals surface area contributed by atoms with Crippen molar-refractivity contribution in [2.45, 2.75) is 11.8 Å². The van der Waals surface area contributed by atoms with Crippen LogP contribution in [-0.2, 0) is 10.1 Å². The molecule has 1 heterocycles. The Kier molecular flexibility index (Phi) is 4.24. The topological polar surface area (TPSA) is 103 Å². The van der Waals surface area contributed by atoms with Gasteiger partial charge in [0.05, 0.1) is 4.90 Å². The normalized spacial score (nSPS) is 10.5. The zero-order valence-corrected chi connectivity index (χ0v) is 9.86. The maximum atomic E-state index is 10.5. The molecular weight excluding hydrogens is 244 g/mol. The van der Waals surface area contributed by atoms with Crippen LogP contribution in [0.3, 0.4) is 0 Å². The molecule has 1 aromatic carbocycles. The summed E-state index contributed by atoms with van der Waals surface area (Å²) in [6.07, 6.45) is 3.09. The van der Waals surface area contributed by atoms with Gasteiger partial charge in [0.15, 0.2) is 0 Å². The Bertz CT molecular complexity index is 594. The van der Waals surface area contributed by atoms with E-state index in [-0.39, 0.29) is 10.6 Å². The molecule has 0 saturated heterocycles. The predicted octanol–water partition coefficient (Wildman–Crippen LogP) is 0.945. The van der Waals surface area contributed by atoms with E-state index in [2.05, 4.69) is 9.97 Å². The zero-order chi connectivity index (χ0) is 12.9. The molecule has 0 radical (unpaired) electrons. The largest absolute Gasteiger partial charge is 0.322 e. The minimum atomic E-state index is -4.02. The van der Waals surface area contributed by atoms with Gasteiger partial charge in [-0.15, -0.1) is 0 Å². The van der Waals surface area contributed by atoms with Crippen LogP contribution in [0.15, 0.2) is 46.3 Å². The first kappa shape index (κ1) is 13.2. The van der Waals surface area contributed by atoms with Crippen molar-refractivity contribution in [3.8, 4) is 0 Å². The fourth-order valence-electron chi connectivity index (χ4n) is 0.987. The highest BCUT2D eigenvalue weighted by Crippen LogP contribution is 2.08. The quantitative estimate of drug-likeness (QED) is 0.661. The number of aromatic nitrogens is 2. The molecule has 0 aliphatic carbocycles. The lowest BCUT2D eigenvalue weighted by molar-refractivity contribution is 0.483. The van der Waals surface area contributed by atoms with E-state index in [1.807, 2.05) is 6.92 Å². The third-order valence-corrected chi connectivity index (χ3v) is 2.70. The highest BCUT2D eigenvalue weighted by Gasteiger charge is 2.06. The van der Waals surface area contributed by atoms with Crippen molar-refractivity contribution in [2.75, 3.05) is 0 Å². The summed E-state index contributed by atoms with van der Waals surface area (Å²) in [5.41, 5.74) is 0.799. The Morgan fingerprint density at radius 3 is 1.82 bits per heavy atom. The molecule has 92 valence electrons. The van der Waals surface area contributed by atoms with Crippen molar-refractivity contribution >= 4 is 10.1 Å². The van der Waals surface area contributed by atoms with E-state index in [4.69, 9.17) is 4.55 Å². The Hall–Kier alpha value is -1.86. The highest BCUT2D eigenvalue weighted by molar-refractivity contribution is 7.85. The summed E-state index contributed by atoms with van der Waals surface area (Å²) >= 11 is 0. The molecule has 0 bridgehead atoms. The molecule has 0 aliphatic rings. The van der Waals surface area contributed by atoms with Crippen LogP contribution in [0.4, 0.5) is 0 Å². The smallest absolute Gasteiger partial charge is 0.313 e. The lowest BCUT2D eigenvalue weighted by Gasteiger charge is -1.95. The Morgan fingerprint density at radius 1 is 1.06 bits per heavy atom. The van der Waals surface area contributed by atoms with Crippen LogP contribution in [0.25, 0.3) is 0 Å². The molecular formula is C10H12N2O4S. The lowest BCUT2D eigenvalue weighted by atomic mass is 10.2. The van der Waals surface area contributed by atoms with Crippen molar-refractivity contribution in [1.82, 2.24) is 9.97 Å². The molecule has 0 aliphatic heterocycles. The zero-order valence-electron chi connectivity index (χ0n) is 9.04. The van der Waals surface area contributed by atoms with Crippen molar-refractivity contribution in [2.24, 2.45) is 0 Å². The van der Waals surface area contributed by atoms with Gasteiger partial charge in [0.1, 0.15) is 0 Å². The molecule has 0 spiro atoms. The van der Waals surface area contributed by atoms with E-state index in [9.17, 15) is 13.2 Å². The molecule has 2 rings (SSSR count). The van der Waals surface area contributed by atoms with Gasteiger partial charge in [0.25, 0.3) is 10.1 Å². The Labute approximate surface area is 98.1 Å². The summed E-state index contributed by atoms with van der Waals surface area (Å²) in [6.45, 7) is 1.84. The molecule has 3 N–H and O–H groups in total. The van der Waals surface area contributed by atoms with E-state index >= 15 is 0 Å². The van der Waals surface area contributed by atoms with Gasteiger partial charge in [-0.3, -0.25) is 4.55 Å². The van der Waals surface area contributed by atoms with Crippen LogP contribution >= 0.6 is 0 Å². The van der Waals surface area contributed by atoms with Gasteiger partial charge in [-0.1, -0.05) is 17.7 Å². The Balaban J connectivity index is 0.000000202. The number of H-pyrrole nitrogens is 2. The van der Waals surface area contributed by atoms with Gasteiger partial charge in [-0.25, -0.2) is 4.79 Å². The first-order chi connectivity index (χ1) is 7.89. The van der Waals surface area contributed by atoms with Crippen molar-refractivity contribution < 1.29 is 13.0 Å². The molecule has 17 heavy (non-hydrogen) atoms. The van der Waals surface area contributed by atoms with Crippen LogP contribution in [0.1, 0.15) is 5.56 Å². The van der Waals surface area contributed by atoms with Gasteiger partial charge in [0, 0.05) is 12.4 Å². The predicted molar refractivity (Wildman–Crippen MR) is 62.4 cm³/mol. The first-order valence-electron chi connectivity index (χ1n) is 4.66. The molecule has 7 heteroatoms. The second-order valence-corrected chi connectivity index (χ2v) is 4.66. The summed E-state index contributed by atoms with van der Waals surface area (Å²) in [5.74, 6) is 0. The molecule has 2 aromatic rings. The summed E-state index contributed by atoms with van der Waals surface area (Å²) in [6, 6.07) is 5.99. The van der Waals surface area contributed by atoms with Crippen LogP contribution < -0.4 is 5.69 Å². The summed E-state index contributed by atoms with van der Waals surface area (Å²) in [5, 5.41) is 0. The number of imidazole rings is 1. The van der Waals surface area contributed by atoms with Crippen molar-refractivity contribution in [3.05, 3.63) is 52.7 Å². The van der Waals surface area contributed by atoms with Crippen LogP contribution in [0, 0.1) is 6.92 Å². The van der Waals surface area contributed by atoms with Gasteiger partial charge in [0.2, 0.25) is 0 Å². The average molecular weight is 256 g/mol. The standard InChI is InChI=1S/C7H8O3S.C3H4N2O/c1-6-2-4-7(5-3-6)11(8,9)10;6-3-4-1-2-5-3/h2-5H,1H3,(H,8,9,10);1-2H,(H2,4,5,6). The molecule has 0 saturated carbocycles. The van der Waals surface area contributed by atoms with Gasteiger partial charge in [-0.05, 0) is 19.1 Å². The summed E-state index contributed by atoms with van der Waals surface area (Å²) in [7, 11) is -4.02. The first-order valence-corrected chi connectivity index (χ1v) is 6.10. The number of rotatable bonds is 1. The van der Waals surface area contributed by atoms with Crippen molar-refractivity contribution in [3.63, 3.8) is 0 Å². The number of hydrogen-bond acceptors (Lipinski definition) is 3. The molecule has 0 unspecified atom stereocenters. The molecule has 0 amide bonds. The SMILES string of the molecule is Cc1ccc(S(=O)(=O)O)cc1.O=c1[nH]cc[nH]1. The number of benzene rings is 1. The number of aromatic amines is 2. The van der Waals surface area contributed by atoms with Gasteiger partial charge >= 0.3 is 5.69 Å². The van der Waals surface area contributed by atoms with Gasteiger partial charge in [-0.2, -0.15) is 8.42 Å². The maximum Gasteiger partial charge on any atom is 0.322 e. The molecule has 0 fully saturated rings. The molecule has 1 aromatic heterocycles. The summed E-state index contributed by atoms with van der Waals surface area (Å²) in [4.78, 5) is 14.7. The fourth-order valence-corrected chi connectivity index (χ4v) is 1.47. The average Bonchev–Trinajstić information content (AvgIpc) is 2.69. The second kappa shape index (κ2) is 5.46. The Morgan fingerprint density at radius 2 is 1.53 bits per heavy atom. The second-order valence-electron chi connectivity index (χ2n) is 3.24. The number of aryl methyl sites for hydroxylation is 1. The van der Waals surface area contributed by atoms with E-state index in [1.165, 1.54) is 12.1 Å². The summed E-state index contributed by atoms with van der Waals surface area (Å²) < 4.78 is 29.6. The van der Waals surface area contributed by atoms with E-state index in [1.54, 1.807) is 24.5 Å². The number of hydrogen-bond donors (Lipinski definition) is 3. The molecule has 6 nitrogen and oxygen atoms in total. The third kappa shape index (κ3) is 4.66. The van der Waals surface area contributed by atoms with Crippen LogP contribution in [-0.4, -0.2) is 22.9 Å². The van der Waals surface area contributed by atoms with Crippen molar-refractivity contribution in [1.29, 1.82) is 0 Å². The van der Waals surface area contributed by atoms with E-state index < -0.39 is 10.1 Å². The minimum absolute atomic E-state index is 0.0666. The maximum absolute atomic E-state index is 10.5.